The van der Waals surface area contributed by atoms with Gasteiger partial charge < -0.3 is 4.74 Å². The maximum Gasteiger partial charge on any atom is 0.183 e. The van der Waals surface area contributed by atoms with Crippen LogP contribution in [0.15, 0.2) is 4.99 Å². The Bertz CT molecular complexity index is 120. The topological polar surface area (TPSA) is 21.6 Å². The highest BCUT2D eigenvalue weighted by Crippen LogP contribution is 2.06. The molecule has 0 bridgehead atoms. The molecular weight excluding hydrogens is 114 g/mol. The number of hydrogen-bond donors (Lipinski definition) is 0. The van der Waals surface area contributed by atoms with E-state index in [9.17, 15) is 0 Å². The Hall–Kier alpha value is -0.530. The number of hydrogen-bond acceptors (Lipinski definition) is 2. The van der Waals surface area contributed by atoms with E-state index < -0.39 is 0 Å². The Labute approximate surface area is 55.9 Å². The third-order valence-corrected chi connectivity index (χ3v) is 1.32. The third kappa shape index (κ3) is 1.70. The van der Waals surface area contributed by atoms with Gasteiger partial charge in [0.25, 0.3) is 0 Å². The van der Waals surface area contributed by atoms with Crippen LogP contribution in [0.25, 0.3) is 0 Å². The van der Waals surface area contributed by atoms with Crippen molar-refractivity contribution in [3.63, 3.8) is 0 Å². The van der Waals surface area contributed by atoms with Crippen molar-refractivity contribution >= 4 is 5.90 Å². The highest BCUT2D eigenvalue weighted by Gasteiger charge is 2.11. The minimum atomic E-state index is 0.395. The lowest BCUT2D eigenvalue weighted by atomic mass is 10.3. The largest absolute Gasteiger partial charge is 0.479 e. The maximum absolute atomic E-state index is 5.26. The van der Waals surface area contributed by atoms with Crippen LogP contribution in [0.5, 0.6) is 0 Å². The smallest absolute Gasteiger partial charge is 0.183 e. The molecule has 0 aromatic carbocycles. The summed E-state index contributed by atoms with van der Waals surface area (Å²) in [5.74, 6) is 0.949. The summed E-state index contributed by atoms with van der Waals surface area (Å²) in [5, 5.41) is 0. The first-order valence-electron chi connectivity index (χ1n) is 3.52. The molecule has 0 saturated carbocycles. The van der Waals surface area contributed by atoms with Gasteiger partial charge in [-0.25, -0.2) is 4.99 Å². The second-order valence-corrected chi connectivity index (χ2v) is 2.43. The molecule has 0 radical (unpaired) electrons. The molecule has 0 fully saturated rings. The van der Waals surface area contributed by atoms with Crippen molar-refractivity contribution in [1.82, 2.24) is 0 Å². The minimum Gasteiger partial charge on any atom is -0.479 e. The fourth-order valence-electron chi connectivity index (χ4n) is 0.888. The molecule has 1 heterocycles. The summed E-state index contributed by atoms with van der Waals surface area (Å²) in [5.41, 5.74) is 0. The van der Waals surface area contributed by atoms with Gasteiger partial charge in [0.1, 0.15) is 6.61 Å². The van der Waals surface area contributed by atoms with Crippen LogP contribution >= 0.6 is 0 Å². The molecule has 0 unspecified atom stereocenters. The molecule has 1 atom stereocenters. The van der Waals surface area contributed by atoms with Crippen molar-refractivity contribution in [2.75, 3.05) is 6.61 Å². The molecule has 0 aromatic rings. The molecule has 0 spiro atoms. The van der Waals surface area contributed by atoms with Crippen molar-refractivity contribution < 1.29 is 4.74 Å². The maximum atomic E-state index is 5.26. The highest BCUT2D eigenvalue weighted by atomic mass is 16.5. The number of aliphatic imine (C=N–C) groups is 1. The van der Waals surface area contributed by atoms with E-state index in [1.165, 1.54) is 0 Å². The average molecular weight is 127 g/mol. The van der Waals surface area contributed by atoms with E-state index in [0.29, 0.717) is 6.04 Å². The van der Waals surface area contributed by atoms with Crippen molar-refractivity contribution in [2.45, 2.75) is 32.7 Å². The predicted octanol–water partition coefficient (Wildman–Crippen LogP) is 1.60. The lowest BCUT2D eigenvalue weighted by Crippen LogP contribution is -1.99. The van der Waals surface area contributed by atoms with E-state index in [-0.39, 0.29) is 0 Å². The van der Waals surface area contributed by atoms with Gasteiger partial charge in [0.05, 0.1) is 6.04 Å². The zero-order valence-electron chi connectivity index (χ0n) is 6.05. The molecular formula is C7H13NO. The number of rotatable bonds is 2. The molecule has 2 heteroatoms. The fourth-order valence-corrected chi connectivity index (χ4v) is 0.888. The second kappa shape index (κ2) is 2.85. The summed E-state index contributed by atoms with van der Waals surface area (Å²) in [6, 6.07) is 0.395. The van der Waals surface area contributed by atoms with Crippen molar-refractivity contribution in [2.24, 2.45) is 4.99 Å². The molecule has 0 N–H and O–H groups in total. The quantitative estimate of drug-likeness (QED) is 0.552. The van der Waals surface area contributed by atoms with Gasteiger partial charge in [0, 0.05) is 6.42 Å². The Morgan fingerprint density at radius 3 is 3.00 bits per heavy atom. The predicted molar refractivity (Wildman–Crippen MR) is 37.8 cm³/mol. The highest BCUT2D eigenvalue weighted by molar-refractivity contribution is 5.77. The van der Waals surface area contributed by atoms with Crippen LogP contribution in [0.3, 0.4) is 0 Å². The van der Waals surface area contributed by atoms with Crippen LogP contribution in [0.4, 0.5) is 0 Å². The van der Waals surface area contributed by atoms with E-state index in [2.05, 4.69) is 18.8 Å². The first-order chi connectivity index (χ1) is 4.33. The second-order valence-electron chi connectivity index (χ2n) is 2.43. The summed E-state index contributed by atoms with van der Waals surface area (Å²) in [6.07, 6.45) is 2.13. The van der Waals surface area contributed by atoms with Gasteiger partial charge >= 0.3 is 0 Å². The zero-order chi connectivity index (χ0) is 6.69. The van der Waals surface area contributed by atoms with Crippen LogP contribution in [0, 0.1) is 0 Å². The monoisotopic (exact) mass is 127 g/mol. The molecule has 0 saturated heterocycles. The summed E-state index contributed by atoms with van der Waals surface area (Å²) >= 11 is 0. The molecule has 9 heavy (non-hydrogen) atoms. The molecule has 0 amide bonds. The molecule has 1 aliphatic rings. The first-order valence-corrected chi connectivity index (χ1v) is 3.52. The Kier molecular flexibility index (Phi) is 2.09. The molecule has 52 valence electrons. The van der Waals surface area contributed by atoms with E-state index in [0.717, 1.165) is 25.3 Å². The normalized spacial score (nSPS) is 25.6. The fraction of sp³-hybridized carbons (Fsp3) is 0.857. The molecule has 0 aliphatic carbocycles. The lowest BCUT2D eigenvalue weighted by molar-refractivity contribution is 0.315. The Balaban J connectivity index is 2.33. The van der Waals surface area contributed by atoms with E-state index >= 15 is 0 Å². The summed E-state index contributed by atoms with van der Waals surface area (Å²) in [6.45, 7) is 4.99. The molecule has 2 nitrogen and oxygen atoms in total. The number of nitrogens with zero attached hydrogens (tertiary/aromatic N) is 1. The SMILES string of the molecule is CCCC1=N[C@@H](C)CO1. The standard InChI is InChI=1S/C7H13NO/c1-3-4-7-8-6(2)5-9-7/h6H,3-5H2,1-2H3/t6-/m0/s1. The van der Waals surface area contributed by atoms with E-state index in [4.69, 9.17) is 4.74 Å². The van der Waals surface area contributed by atoms with Crippen molar-refractivity contribution in [1.29, 1.82) is 0 Å². The van der Waals surface area contributed by atoms with Gasteiger partial charge in [-0.3, -0.25) is 0 Å². The van der Waals surface area contributed by atoms with Crippen molar-refractivity contribution in [3.05, 3.63) is 0 Å². The molecule has 0 aromatic heterocycles. The lowest BCUT2D eigenvalue weighted by Gasteiger charge is -1.95. The first kappa shape index (κ1) is 6.59. The minimum absolute atomic E-state index is 0.395. The average Bonchev–Trinajstić information content (AvgIpc) is 2.17. The molecule has 1 aliphatic heterocycles. The van der Waals surface area contributed by atoms with Gasteiger partial charge in [-0.1, -0.05) is 6.92 Å². The van der Waals surface area contributed by atoms with Gasteiger partial charge in [0.15, 0.2) is 5.90 Å². The summed E-state index contributed by atoms with van der Waals surface area (Å²) in [4.78, 5) is 4.27. The summed E-state index contributed by atoms with van der Waals surface area (Å²) in [7, 11) is 0. The molecule has 1 rings (SSSR count). The zero-order valence-corrected chi connectivity index (χ0v) is 6.05. The van der Waals surface area contributed by atoms with Gasteiger partial charge in [-0.2, -0.15) is 0 Å². The van der Waals surface area contributed by atoms with Gasteiger partial charge in [0.2, 0.25) is 0 Å². The summed E-state index contributed by atoms with van der Waals surface area (Å²) < 4.78 is 5.26. The van der Waals surface area contributed by atoms with Crippen LogP contribution in [0.1, 0.15) is 26.7 Å². The van der Waals surface area contributed by atoms with Gasteiger partial charge in [-0.05, 0) is 13.3 Å². The van der Waals surface area contributed by atoms with Crippen LogP contribution < -0.4 is 0 Å². The van der Waals surface area contributed by atoms with Crippen LogP contribution in [-0.2, 0) is 4.74 Å². The van der Waals surface area contributed by atoms with E-state index in [1.807, 2.05) is 0 Å². The van der Waals surface area contributed by atoms with Crippen LogP contribution in [0.2, 0.25) is 0 Å². The Morgan fingerprint density at radius 2 is 2.56 bits per heavy atom. The van der Waals surface area contributed by atoms with Crippen LogP contribution in [-0.4, -0.2) is 18.5 Å². The van der Waals surface area contributed by atoms with Crippen molar-refractivity contribution in [3.8, 4) is 0 Å². The Morgan fingerprint density at radius 1 is 1.78 bits per heavy atom. The van der Waals surface area contributed by atoms with Gasteiger partial charge in [-0.15, -0.1) is 0 Å². The van der Waals surface area contributed by atoms with E-state index in [1.54, 1.807) is 0 Å². The number of ether oxygens (including phenoxy) is 1. The third-order valence-electron chi connectivity index (χ3n) is 1.32.